The van der Waals surface area contributed by atoms with Crippen molar-refractivity contribution < 1.29 is 30.6 Å². The Bertz CT molecular complexity index is 1170. The summed E-state index contributed by atoms with van der Waals surface area (Å²) in [4.78, 5) is 11.3. The van der Waals surface area contributed by atoms with Crippen LogP contribution in [0.15, 0.2) is 52.3 Å². The van der Waals surface area contributed by atoms with E-state index in [9.17, 15) is 21.6 Å². The van der Waals surface area contributed by atoms with Crippen LogP contribution in [0.25, 0.3) is 0 Å². The highest BCUT2D eigenvalue weighted by molar-refractivity contribution is 7.89. The molecule has 0 atom stereocenters. The first kappa shape index (κ1) is 20.8. The van der Waals surface area contributed by atoms with Gasteiger partial charge in [0.05, 0.1) is 18.1 Å². The number of ether oxygens (including phenoxy) is 1. The molecule has 2 aliphatic rings. The van der Waals surface area contributed by atoms with Gasteiger partial charge in [-0.3, -0.25) is 4.79 Å². The molecule has 0 aromatic heterocycles. The summed E-state index contributed by atoms with van der Waals surface area (Å²) in [6, 6.07) is 9.55. The van der Waals surface area contributed by atoms with Crippen molar-refractivity contribution in [2.45, 2.75) is 22.6 Å². The lowest BCUT2D eigenvalue weighted by atomic mass is 10.0. The molecule has 4 rings (SSSR count). The number of rotatable bonds is 5. The second-order valence-electron chi connectivity index (χ2n) is 6.89. The molecule has 11 heteroatoms. The van der Waals surface area contributed by atoms with Crippen LogP contribution in [0, 0.1) is 0 Å². The molecule has 1 saturated heterocycles. The average molecular weight is 453 g/mol. The van der Waals surface area contributed by atoms with Crippen LogP contribution in [0.4, 0.5) is 5.69 Å². The van der Waals surface area contributed by atoms with Crippen LogP contribution in [0.5, 0.6) is 5.75 Å². The second kappa shape index (κ2) is 7.99. The summed E-state index contributed by atoms with van der Waals surface area (Å²) in [6.07, 6.45) is 0.814. The molecule has 1 amide bonds. The van der Waals surface area contributed by atoms with Crippen molar-refractivity contribution in [1.82, 2.24) is 4.31 Å². The maximum absolute atomic E-state index is 12.7. The molecule has 2 aliphatic heterocycles. The first-order valence-corrected chi connectivity index (χ1v) is 12.2. The fraction of sp³-hybridized carbons (Fsp3) is 0.316. The molecule has 0 radical (unpaired) electrons. The minimum absolute atomic E-state index is 0.00729. The number of benzene rings is 2. The quantitative estimate of drug-likeness (QED) is 0.680. The number of sulfonamides is 1. The van der Waals surface area contributed by atoms with E-state index in [0.29, 0.717) is 31.7 Å². The normalized spacial score (nSPS) is 17.8. The molecular weight excluding hydrogens is 432 g/mol. The Balaban J connectivity index is 1.53. The van der Waals surface area contributed by atoms with Crippen LogP contribution in [-0.4, -0.2) is 53.4 Å². The molecule has 0 saturated carbocycles. The average Bonchev–Trinajstić information content (AvgIpc) is 2.74. The number of nitrogens with one attached hydrogen (secondary N) is 1. The number of nitrogens with zero attached hydrogens (tertiary/aromatic N) is 1. The molecular formula is C19H20N2O7S2. The summed E-state index contributed by atoms with van der Waals surface area (Å²) in [5, 5.41) is 2.72. The van der Waals surface area contributed by atoms with Gasteiger partial charge in [-0.05, 0) is 54.4 Å². The monoisotopic (exact) mass is 452 g/mol. The van der Waals surface area contributed by atoms with Gasteiger partial charge in [-0.25, -0.2) is 8.42 Å². The summed E-state index contributed by atoms with van der Waals surface area (Å²) in [6.45, 7) is 1.16. The predicted octanol–water partition coefficient (Wildman–Crippen LogP) is 1.36. The number of hydrogen-bond donors (Lipinski definition) is 1. The van der Waals surface area contributed by atoms with Gasteiger partial charge < -0.3 is 14.2 Å². The molecule has 1 fully saturated rings. The van der Waals surface area contributed by atoms with Crippen LogP contribution < -0.4 is 9.50 Å². The van der Waals surface area contributed by atoms with Gasteiger partial charge in [-0.2, -0.15) is 12.7 Å². The number of hydrogen-bond acceptors (Lipinski definition) is 7. The van der Waals surface area contributed by atoms with Crippen molar-refractivity contribution >= 4 is 31.7 Å². The Morgan fingerprint density at radius 1 is 0.900 bits per heavy atom. The Hall–Kier alpha value is -2.47. The van der Waals surface area contributed by atoms with Crippen LogP contribution in [0.2, 0.25) is 0 Å². The van der Waals surface area contributed by atoms with Crippen molar-refractivity contribution in [1.29, 1.82) is 0 Å². The first-order chi connectivity index (χ1) is 14.3. The summed E-state index contributed by atoms with van der Waals surface area (Å²) >= 11 is 0. The summed E-state index contributed by atoms with van der Waals surface area (Å²) < 4.78 is 62.2. The van der Waals surface area contributed by atoms with Crippen molar-refractivity contribution in [3.8, 4) is 5.75 Å². The minimum Gasteiger partial charge on any atom is -0.379 e. The smallest absolute Gasteiger partial charge is 0.339 e. The number of amides is 1. The number of morpholine rings is 1. The summed E-state index contributed by atoms with van der Waals surface area (Å²) in [7, 11) is -7.87. The lowest BCUT2D eigenvalue weighted by Gasteiger charge is -2.26. The molecule has 160 valence electrons. The first-order valence-electron chi connectivity index (χ1n) is 9.31. The molecule has 9 nitrogen and oxygen atoms in total. The van der Waals surface area contributed by atoms with Crippen molar-refractivity contribution in [2.24, 2.45) is 0 Å². The predicted molar refractivity (Wildman–Crippen MR) is 107 cm³/mol. The summed E-state index contributed by atoms with van der Waals surface area (Å²) in [5.74, 6) is 0.0332. The Morgan fingerprint density at radius 3 is 2.27 bits per heavy atom. The zero-order valence-corrected chi connectivity index (χ0v) is 17.5. The largest absolute Gasteiger partial charge is 0.379 e. The van der Waals surface area contributed by atoms with Gasteiger partial charge in [0, 0.05) is 25.2 Å². The molecule has 0 unspecified atom stereocenters. The van der Waals surface area contributed by atoms with Crippen molar-refractivity contribution in [3.63, 3.8) is 0 Å². The van der Waals surface area contributed by atoms with Crippen molar-refractivity contribution in [2.75, 3.05) is 31.6 Å². The number of carbonyl (C=O) groups is 1. The standard InChI is InChI=1S/C19H20N2O7S2/c22-19-8-1-14-13-15(2-7-18(14)20-19)28-30(25,26)17-5-3-16(4-6-17)29(23,24)21-9-11-27-12-10-21/h2-7,13H,1,8-12H2,(H,20,22). The Morgan fingerprint density at radius 2 is 1.57 bits per heavy atom. The fourth-order valence-electron chi connectivity index (χ4n) is 3.30. The van der Waals surface area contributed by atoms with Gasteiger partial charge in [-0.15, -0.1) is 0 Å². The van der Waals surface area contributed by atoms with Crippen molar-refractivity contribution in [3.05, 3.63) is 48.0 Å². The van der Waals surface area contributed by atoms with E-state index < -0.39 is 20.1 Å². The summed E-state index contributed by atoms with van der Waals surface area (Å²) in [5.41, 5.74) is 1.42. The van der Waals surface area contributed by atoms with Gasteiger partial charge in [-0.1, -0.05) is 0 Å². The van der Waals surface area contributed by atoms with E-state index in [4.69, 9.17) is 8.92 Å². The third-order valence-corrected chi connectivity index (χ3v) is 8.07. The van der Waals surface area contributed by atoms with E-state index in [0.717, 1.165) is 5.56 Å². The highest BCUT2D eigenvalue weighted by Crippen LogP contribution is 2.29. The molecule has 30 heavy (non-hydrogen) atoms. The van der Waals surface area contributed by atoms with E-state index in [-0.39, 0.29) is 34.5 Å². The zero-order chi connectivity index (χ0) is 21.4. The zero-order valence-electron chi connectivity index (χ0n) is 15.9. The lowest BCUT2D eigenvalue weighted by molar-refractivity contribution is -0.116. The number of anilines is 1. The topological polar surface area (TPSA) is 119 Å². The van der Waals surface area contributed by atoms with E-state index in [1.807, 2.05) is 0 Å². The highest BCUT2D eigenvalue weighted by Gasteiger charge is 2.27. The molecule has 0 spiro atoms. The Labute approximate surface area is 174 Å². The van der Waals surface area contributed by atoms with Crippen LogP contribution in [0.3, 0.4) is 0 Å². The van der Waals surface area contributed by atoms with Crippen LogP contribution in [0.1, 0.15) is 12.0 Å². The van der Waals surface area contributed by atoms with Gasteiger partial charge >= 0.3 is 10.1 Å². The minimum atomic E-state index is -4.15. The fourth-order valence-corrected chi connectivity index (χ4v) is 5.63. The van der Waals surface area contributed by atoms with E-state index in [1.165, 1.54) is 34.6 Å². The second-order valence-corrected chi connectivity index (χ2v) is 10.4. The third-order valence-electron chi connectivity index (χ3n) is 4.90. The molecule has 0 aliphatic carbocycles. The molecule has 2 aromatic rings. The van der Waals surface area contributed by atoms with Crippen LogP contribution >= 0.6 is 0 Å². The van der Waals surface area contributed by atoms with Gasteiger partial charge in [0.1, 0.15) is 10.6 Å². The molecule has 2 heterocycles. The van der Waals surface area contributed by atoms with E-state index in [2.05, 4.69) is 5.32 Å². The molecule has 0 bridgehead atoms. The van der Waals surface area contributed by atoms with E-state index >= 15 is 0 Å². The van der Waals surface area contributed by atoms with Crippen LogP contribution in [-0.2, 0) is 36.1 Å². The SMILES string of the molecule is O=C1CCc2cc(OS(=O)(=O)c3ccc(S(=O)(=O)N4CCOCC4)cc3)ccc2N1. The van der Waals surface area contributed by atoms with E-state index in [1.54, 1.807) is 12.1 Å². The third kappa shape index (κ3) is 4.19. The molecule has 2 aromatic carbocycles. The highest BCUT2D eigenvalue weighted by atomic mass is 32.2. The number of carbonyl (C=O) groups excluding carboxylic acids is 1. The number of aryl methyl sites for hydroxylation is 1. The van der Waals surface area contributed by atoms with Gasteiger partial charge in [0.2, 0.25) is 15.9 Å². The lowest BCUT2D eigenvalue weighted by Crippen LogP contribution is -2.40. The van der Waals surface area contributed by atoms with Gasteiger partial charge in [0.25, 0.3) is 0 Å². The maximum atomic E-state index is 12.7. The Kier molecular flexibility index (Phi) is 5.53. The maximum Gasteiger partial charge on any atom is 0.339 e. The molecule has 1 N–H and O–H groups in total. The number of fused-ring (bicyclic) bond motifs is 1. The van der Waals surface area contributed by atoms with Gasteiger partial charge in [0.15, 0.2) is 0 Å².